The van der Waals surface area contributed by atoms with Crippen molar-refractivity contribution >= 4 is 37.6 Å². The Balaban J connectivity index is 2.18. The minimum absolute atomic E-state index is 0.137. The lowest BCUT2D eigenvalue weighted by Gasteiger charge is -2.05. The van der Waals surface area contributed by atoms with Crippen LogP contribution in [-0.4, -0.2) is 5.78 Å². The van der Waals surface area contributed by atoms with E-state index in [2.05, 4.69) is 31.9 Å². The van der Waals surface area contributed by atoms with Gasteiger partial charge in [-0.15, -0.1) is 0 Å². The van der Waals surface area contributed by atoms with Crippen molar-refractivity contribution in [3.05, 3.63) is 67.6 Å². The predicted octanol–water partition coefficient (Wildman–Crippen LogP) is 4.54. The van der Waals surface area contributed by atoms with Crippen molar-refractivity contribution < 1.29 is 4.79 Å². The normalized spacial score (nSPS) is 13.8. The molecule has 0 N–H and O–H groups in total. The number of halogens is 2. The van der Waals surface area contributed by atoms with Gasteiger partial charge < -0.3 is 0 Å². The molecule has 0 saturated carbocycles. The molecule has 0 radical (unpaired) electrons. The van der Waals surface area contributed by atoms with Crippen molar-refractivity contribution in [1.29, 1.82) is 0 Å². The van der Waals surface area contributed by atoms with Crippen LogP contribution in [0, 0.1) is 0 Å². The molecule has 0 aromatic heterocycles. The topological polar surface area (TPSA) is 17.1 Å². The van der Waals surface area contributed by atoms with Crippen LogP contribution in [0.2, 0.25) is 0 Å². The average molecular weight is 366 g/mol. The third-order valence-corrected chi connectivity index (χ3v) is 4.27. The van der Waals surface area contributed by atoms with Gasteiger partial charge in [-0.1, -0.05) is 31.9 Å². The summed E-state index contributed by atoms with van der Waals surface area (Å²) in [6, 6.07) is 11.8. The van der Waals surface area contributed by atoms with Crippen LogP contribution in [0.15, 0.2) is 45.3 Å². The number of rotatable bonds is 0. The van der Waals surface area contributed by atoms with Gasteiger partial charge in [-0.05, 0) is 60.4 Å². The monoisotopic (exact) mass is 364 g/mol. The molecular weight excluding hydrogens is 356 g/mol. The standard InChI is InChI=1S/C15H10Br2O/c16-11-3-5-13-9(7-11)1-2-10-8-12(17)4-6-14(10)15(13)18/h3-8H,1-2H2. The van der Waals surface area contributed by atoms with Crippen molar-refractivity contribution in [2.24, 2.45) is 0 Å². The Morgan fingerprint density at radius 3 is 1.67 bits per heavy atom. The van der Waals surface area contributed by atoms with Crippen LogP contribution in [-0.2, 0) is 12.8 Å². The number of hydrogen-bond donors (Lipinski definition) is 0. The minimum Gasteiger partial charge on any atom is -0.289 e. The lowest BCUT2D eigenvalue weighted by atomic mass is 9.99. The van der Waals surface area contributed by atoms with E-state index < -0.39 is 0 Å². The highest BCUT2D eigenvalue weighted by Gasteiger charge is 2.21. The van der Waals surface area contributed by atoms with E-state index in [4.69, 9.17) is 0 Å². The van der Waals surface area contributed by atoms with Gasteiger partial charge in [-0.2, -0.15) is 0 Å². The second-order valence-electron chi connectivity index (χ2n) is 4.43. The molecule has 0 amide bonds. The van der Waals surface area contributed by atoms with Crippen molar-refractivity contribution in [2.45, 2.75) is 12.8 Å². The summed E-state index contributed by atoms with van der Waals surface area (Å²) in [5, 5.41) is 0. The largest absolute Gasteiger partial charge is 0.289 e. The van der Waals surface area contributed by atoms with Crippen molar-refractivity contribution in [1.82, 2.24) is 0 Å². The predicted molar refractivity (Wildman–Crippen MR) is 79.1 cm³/mol. The van der Waals surface area contributed by atoms with Crippen molar-refractivity contribution in [3.63, 3.8) is 0 Å². The van der Waals surface area contributed by atoms with Crippen LogP contribution in [0.4, 0.5) is 0 Å². The number of hydrogen-bond acceptors (Lipinski definition) is 1. The second kappa shape index (κ2) is 4.63. The molecule has 18 heavy (non-hydrogen) atoms. The summed E-state index contributed by atoms with van der Waals surface area (Å²) in [6.07, 6.45) is 1.81. The van der Waals surface area contributed by atoms with E-state index in [1.807, 2.05) is 36.4 Å². The molecule has 2 aromatic carbocycles. The maximum Gasteiger partial charge on any atom is 0.193 e. The first-order chi connectivity index (χ1) is 8.65. The van der Waals surface area contributed by atoms with Crippen molar-refractivity contribution in [2.75, 3.05) is 0 Å². The zero-order valence-corrected chi connectivity index (χ0v) is 12.7. The minimum atomic E-state index is 0.137. The summed E-state index contributed by atoms with van der Waals surface area (Å²) in [6.45, 7) is 0. The summed E-state index contributed by atoms with van der Waals surface area (Å²) in [5.74, 6) is 0.137. The fourth-order valence-corrected chi connectivity index (χ4v) is 3.21. The van der Waals surface area contributed by atoms with Gasteiger partial charge in [0.2, 0.25) is 0 Å². The van der Waals surface area contributed by atoms with Crippen LogP contribution >= 0.6 is 31.9 Å². The first kappa shape index (κ1) is 12.1. The molecule has 0 bridgehead atoms. The number of carbonyl (C=O) groups is 1. The van der Waals surface area contributed by atoms with Crippen LogP contribution in [0.1, 0.15) is 27.0 Å². The van der Waals surface area contributed by atoms with Gasteiger partial charge in [-0.25, -0.2) is 0 Å². The van der Waals surface area contributed by atoms with E-state index in [-0.39, 0.29) is 5.78 Å². The Labute approximate surface area is 122 Å². The Kier molecular flexibility index (Phi) is 3.12. The number of ketones is 1. The van der Waals surface area contributed by atoms with Gasteiger partial charge in [0, 0.05) is 20.1 Å². The molecule has 1 nitrogen and oxygen atoms in total. The number of fused-ring (bicyclic) bond motifs is 2. The van der Waals surface area contributed by atoms with E-state index in [0.717, 1.165) is 44.0 Å². The van der Waals surface area contributed by atoms with Crippen LogP contribution < -0.4 is 0 Å². The lowest BCUT2D eigenvalue weighted by Crippen LogP contribution is -2.03. The van der Waals surface area contributed by atoms with Gasteiger partial charge in [-0.3, -0.25) is 4.79 Å². The van der Waals surface area contributed by atoms with E-state index in [9.17, 15) is 4.79 Å². The smallest absolute Gasteiger partial charge is 0.193 e. The number of aryl methyl sites for hydroxylation is 2. The Bertz CT molecular complexity index is 591. The average Bonchev–Trinajstić information content (AvgIpc) is 2.47. The van der Waals surface area contributed by atoms with Gasteiger partial charge in [0.25, 0.3) is 0 Å². The Morgan fingerprint density at radius 1 is 0.778 bits per heavy atom. The number of carbonyl (C=O) groups excluding carboxylic acids is 1. The Hall–Kier alpha value is -0.930. The van der Waals surface area contributed by atoms with E-state index in [0.29, 0.717) is 0 Å². The molecule has 0 aliphatic heterocycles. The molecule has 0 atom stereocenters. The van der Waals surface area contributed by atoms with Gasteiger partial charge in [0.1, 0.15) is 0 Å². The highest BCUT2D eigenvalue weighted by molar-refractivity contribution is 9.10. The van der Waals surface area contributed by atoms with Crippen LogP contribution in [0.3, 0.4) is 0 Å². The third kappa shape index (κ3) is 2.06. The Morgan fingerprint density at radius 2 is 1.22 bits per heavy atom. The van der Waals surface area contributed by atoms with E-state index >= 15 is 0 Å². The second-order valence-corrected chi connectivity index (χ2v) is 6.26. The molecule has 1 aliphatic carbocycles. The van der Waals surface area contributed by atoms with Crippen molar-refractivity contribution in [3.8, 4) is 0 Å². The summed E-state index contributed by atoms with van der Waals surface area (Å²) < 4.78 is 2.06. The maximum atomic E-state index is 12.5. The SMILES string of the molecule is O=C1c2ccc(Br)cc2CCc2cc(Br)ccc21. The molecule has 0 spiro atoms. The highest BCUT2D eigenvalue weighted by Crippen LogP contribution is 2.28. The van der Waals surface area contributed by atoms with E-state index in [1.165, 1.54) is 0 Å². The lowest BCUT2D eigenvalue weighted by molar-refractivity contribution is 0.103. The summed E-state index contributed by atoms with van der Waals surface area (Å²) in [4.78, 5) is 12.5. The quantitative estimate of drug-likeness (QED) is 0.669. The zero-order valence-electron chi connectivity index (χ0n) is 9.54. The van der Waals surface area contributed by atoms with E-state index in [1.54, 1.807) is 0 Å². The van der Waals surface area contributed by atoms with Gasteiger partial charge in [0.15, 0.2) is 5.78 Å². The van der Waals surface area contributed by atoms with Crippen LogP contribution in [0.25, 0.3) is 0 Å². The molecule has 3 rings (SSSR count). The third-order valence-electron chi connectivity index (χ3n) is 3.29. The molecular formula is C15H10Br2O. The van der Waals surface area contributed by atoms with Gasteiger partial charge in [0.05, 0.1) is 0 Å². The molecule has 3 heteroatoms. The molecule has 2 aromatic rings. The maximum absolute atomic E-state index is 12.5. The van der Waals surface area contributed by atoms with Gasteiger partial charge >= 0.3 is 0 Å². The van der Waals surface area contributed by atoms with Crippen LogP contribution in [0.5, 0.6) is 0 Å². The molecule has 0 saturated heterocycles. The zero-order chi connectivity index (χ0) is 12.7. The fraction of sp³-hybridized carbons (Fsp3) is 0.133. The molecule has 1 aliphatic rings. The number of benzene rings is 2. The molecule has 0 fully saturated rings. The highest BCUT2D eigenvalue weighted by atomic mass is 79.9. The molecule has 90 valence electrons. The molecule has 0 unspecified atom stereocenters. The summed E-state index contributed by atoms with van der Waals surface area (Å²) in [7, 11) is 0. The fourth-order valence-electron chi connectivity index (χ4n) is 2.40. The first-order valence-corrected chi connectivity index (χ1v) is 7.35. The first-order valence-electron chi connectivity index (χ1n) is 5.77. The summed E-state index contributed by atoms with van der Waals surface area (Å²) >= 11 is 6.93. The molecule has 0 heterocycles. The summed E-state index contributed by atoms with van der Waals surface area (Å²) in [5.41, 5.74) is 3.92.